The third-order valence-electron chi connectivity index (χ3n) is 3.33. The van der Waals surface area contributed by atoms with Crippen LogP contribution in [-0.2, 0) is 13.0 Å². The number of rotatable bonds is 7. The zero-order valence-electron chi connectivity index (χ0n) is 14.8. The molecule has 6 nitrogen and oxygen atoms in total. The topological polar surface area (TPSA) is 65.4 Å². The van der Waals surface area contributed by atoms with Gasteiger partial charge in [-0.3, -0.25) is 0 Å². The van der Waals surface area contributed by atoms with E-state index in [1.165, 1.54) is 4.88 Å². The Kier molecular flexibility index (Phi) is 6.99. The van der Waals surface area contributed by atoms with E-state index in [-0.39, 0.29) is 0 Å². The highest BCUT2D eigenvalue weighted by Gasteiger charge is 2.02. The number of hydrogen-bond donors (Lipinski definition) is 2. The van der Waals surface area contributed by atoms with E-state index in [0.29, 0.717) is 6.54 Å². The number of aliphatic imine (C=N–C) groups is 1. The van der Waals surface area contributed by atoms with Crippen LogP contribution in [0.4, 0.5) is 5.82 Å². The summed E-state index contributed by atoms with van der Waals surface area (Å²) in [5.41, 5.74) is 1.14. The smallest absolute Gasteiger partial charge is 0.191 e. The minimum Gasteiger partial charge on any atom is -0.363 e. The molecule has 0 atom stereocenters. The van der Waals surface area contributed by atoms with Crippen molar-refractivity contribution in [2.45, 2.75) is 26.8 Å². The van der Waals surface area contributed by atoms with E-state index in [1.807, 2.05) is 37.5 Å². The summed E-state index contributed by atoms with van der Waals surface area (Å²) < 4.78 is 0. The van der Waals surface area contributed by atoms with Gasteiger partial charge in [-0.05, 0) is 31.5 Å². The Morgan fingerprint density at radius 3 is 2.79 bits per heavy atom. The first-order chi connectivity index (χ1) is 11.6. The van der Waals surface area contributed by atoms with Gasteiger partial charge in [0.25, 0.3) is 0 Å². The Balaban J connectivity index is 1.91. The number of anilines is 1. The molecule has 0 bridgehead atoms. The number of guanidine groups is 1. The Morgan fingerprint density at radius 2 is 2.12 bits per heavy atom. The maximum atomic E-state index is 4.65. The van der Waals surface area contributed by atoms with Crippen LogP contribution < -0.4 is 15.5 Å². The van der Waals surface area contributed by atoms with E-state index in [9.17, 15) is 0 Å². The molecule has 0 amide bonds. The molecular formula is C17H26N6S. The van der Waals surface area contributed by atoms with Gasteiger partial charge in [-0.2, -0.15) is 0 Å². The van der Waals surface area contributed by atoms with Crippen molar-refractivity contribution < 1.29 is 0 Å². The van der Waals surface area contributed by atoms with E-state index in [2.05, 4.69) is 45.5 Å². The van der Waals surface area contributed by atoms with Crippen molar-refractivity contribution in [2.24, 2.45) is 4.99 Å². The monoisotopic (exact) mass is 346 g/mol. The maximum absolute atomic E-state index is 4.65. The van der Waals surface area contributed by atoms with E-state index in [1.54, 1.807) is 11.3 Å². The number of thiazole rings is 1. The number of pyridine rings is 1. The molecule has 0 aliphatic rings. The first-order valence-electron chi connectivity index (χ1n) is 8.14. The van der Waals surface area contributed by atoms with Crippen LogP contribution in [0.25, 0.3) is 0 Å². The number of nitrogens with zero attached hydrogens (tertiary/aromatic N) is 4. The normalized spacial score (nSPS) is 11.4. The SMILES string of the molecule is CCNC(=NCc1ccnc(N(C)C)c1)NCCc1ncc(C)s1. The second-order valence-electron chi connectivity index (χ2n) is 5.65. The molecule has 0 unspecified atom stereocenters. The lowest BCUT2D eigenvalue weighted by atomic mass is 10.2. The fourth-order valence-electron chi connectivity index (χ4n) is 2.12. The lowest BCUT2D eigenvalue weighted by Gasteiger charge is -2.13. The summed E-state index contributed by atoms with van der Waals surface area (Å²) in [5.74, 6) is 1.77. The fourth-order valence-corrected chi connectivity index (χ4v) is 2.91. The molecule has 2 aromatic heterocycles. The van der Waals surface area contributed by atoms with Gasteiger partial charge < -0.3 is 15.5 Å². The highest BCUT2D eigenvalue weighted by atomic mass is 32.1. The van der Waals surface area contributed by atoms with Crippen LogP contribution in [0.15, 0.2) is 29.5 Å². The van der Waals surface area contributed by atoms with Crippen molar-refractivity contribution in [2.75, 3.05) is 32.1 Å². The van der Waals surface area contributed by atoms with E-state index < -0.39 is 0 Å². The molecule has 2 rings (SSSR count). The number of nitrogens with one attached hydrogen (secondary N) is 2. The zero-order chi connectivity index (χ0) is 17.4. The van der Waals surface area contributed by atoms with Gasteiger partial charge in [-0.1, -0.05) is 0 Å². The lowest BCUT2D eigenvalue weighted by molar-refractivity contribution is 0.796. The van der Waals surface area contributed by atoms with Gasteiger partial charge in [-0.25, -0.2) is 15.0 Å². The zero-order valence-corrected chi connectivity index (χ0v) is 15.7. The molecule has 0 saturated carbocycles. The van der Waals surface area contributed by atoms with Gasteiger partial charge >= 0.3 is 0 Å². The van der Waals surface area contributed by atoms with Gasteiger partial charge in [-0.15, -0.1) is 11.3 Å². The summed E-state index contributed by atoms with van der Waals surface area (Å²) in [6.07, 6.45) is 4.65. The van der Waals surface area contributed by atoms with Crippen molar-refractivity contribution in [3.63, 3.8) is 0 Å². The molecule has 2 heterocycles. The minimum absolute atomic E-state index is 0.620. The summed E-state index contributed by atoms with van der Waals surface area (Å²) in [5, 5.41) is 7.80. The van der Waals surface area contributed by atoms with E-state index >= 15 is 0 Å². The van der Waals surface area contributed by atoms with Crippen molar-refractivity contribution in [1.29, 1.82) is 0 Å². The standard InChI is InChI=1S/C17H26N6S/c1-5-18-17(20-9-7-16-21-11-13(2)24-16)22-12-14-6-8-19-15(10-14)23(3)4/h6,8,10-11H,5,7,9,12H2,1-4H3,(H2,18,20,22). The number of aryl methyl sites for hydroxylation is 1. The molecule has 0 aromatic carbocycles. The van der Waals surface area contributed by atoms with Crippen molar-refractivity contribution in [3.8, 4) is 0 Å². The average Bonchev–Trinajstić information content (AvgIpc) is 2.98. The van der Waals surface area contributed by atoms with Gasteiger partial charge in [0.15, 0.2) is 5.96 Å². The van der Waals surface area contributed by atoms with Crippen LogP contribution in [0, 0.1) is 6.92 Å². The predicted octanol–water partition coefficient (Wildman–Crippen LogP) is 2.21. The summed E-state index contributed by atoms with van der Waals surface area (Å²) in [6, 6.07) is 4.06. The van der Waals surface area contributed by atoms with Crippen LogP contribution in [0.2, 0.25) is 0 Å². The molecule has 0 saturated heterocycles. The Morgan fingerprint density at radius 1 is 1.29 bits per heavy atom. The van der Waals surface area contributed by atoms with Crippen LogP contribution >= 0.6 is 11.3 Å². The maximum Gasteiger partial charge on any atom is 0.191 e. The van der Waals surface area contributed by atoms with Crippen LogP contribution in [0.1, 0.15) is 22.4 Å². The Bertz CT molecular complexity index is 665. The number of aromatic nitrogens is 2. The molecule has 24 heavy (non-hydrogen) atoms. The van der Waals surface area contributed by atoms with Gasteiger partial charge in [0.2, 0.25) is 0 Å². The molecule has 7 heteroatoms. The second-order valence-corrected chi connectivity index (χ2v) is 6.97. The third kappa shape index (κ3) is 5.81. The first kappa shape index (κ1) is 18.2. The molecule has 0 aliphatic heterocycles. The summed E-state index contributed by atoms with van der Waals surface area (Å²) in [6.45, 7) is 6.42. The lowest BCUT2D eigenvalue weighted by Crippen LogP contribution is -2.38. The molecule has 2 N–H and O–H groups in total. The van der Waals surface area contributed by atoms with Gasteiger partial charge in [0, 0.05) is 50.9 Å². The van der Waals surface area contributed by atoms with Gasteiger partial charge in [0.1, 0.15) is 5.82 Å². The number of hydrogen-bond acceptors (Lipinski definition) is 5. The van der Waals surface area contributed by atoms with Crippen LogP contribution in [0.3, 0.4) is 0 Å². The molecule has 2 aromatic rings. The largest absolute Gasteiger partial charge is 0.363 e. The van der Waals surface area contributed by atoms with Crippen LogP contribution in [-0.4, -0.2) is 43.1 Å². The highest BCUT2D eigenvalue weighted by molar-refractivity contribution is 7.11. The second kappa shape index (κ2) is 9.22. The van der Waals surface area contributed by atoms with Gasteiger partial charge in [0.05, 0.1) is 11.6 Å². The molecular weight excluding hydrogens is 320 g/mol. The summed E-state index contributed by atoms with van der Waals surface area (Å²) >= 11 is 1.74. The fraction of sp³-hybridized carbons (Fsp3) is 0.471. The minimum atomic E-state index is 0.620. The molecule has 130 valence electrons. The summed E-state index contributed by atoms with van der Waals surface area (Å²) in [4.78, 5) is 16.6. The van der Waals surface area contributed by atoms with Crippen molar-refractivity contribution >= 4 is 23.1 Å². The van der Waals surface area contributed by atoms with Crippen molar-refractivity contribution in [1.82, 2.24) is 20.6 Å². The Hall–Kier alpha value is -2.15. The quantitative estimate of drug-likeness (QED) is 0.594. The molecule has 0 spiro atoms. The predicted molar refractivity (Wildman–Crippen MR) is 102 cm³/mol. The van der Waals surface area contributed by atoms with Crippen LogP contribution in [0.5, 0.6) is 0 Å². The molecule has 0 aliphatic carbocycles. The first-order valence-corrected chi connectivity index (χ1v) is 8.96. The van der Waals surface area contributed by atoms with E-state index in [0.717, 1.165) is 41.9 Å². The Labute approximate surface area is 148 Å². The van der Waals surface area contributed by atoms with E-state index in [4.69, 9.17) is 0 Å². The third-order valence-corrected chi connectivity index (χ3v) is 4.31. The van der Waals surface area contributed by atoms with Crippen molar-refractivity contribution in [3.05, 3.63) is 40.0 Å². The average molecular weight is 347 g/mol. The highest BCUT2D eigenvalue weighted by Crippen LogP contribution is 2.11. The molecule has 0 fully saturated rings. The summed E-state index contributed by atoms with van der Waals surface area (Å²) in [7, 11) is 3.97. The molecule has 0 radical (unpaired) electrons.